The van der Waals surface area contributed by atoms with Crippen molar-refractivity contribution in [2.45, 2.75) is 6.42 Å². The Balaban J connectivity index is 1.45. The maximum absolute atomic E-state index is 12.7. The number of halogens is 1. The number of benzene rings is 3. The predicted molar refractivity (Wildman–Crippen MR) is 124 cm³/mol. The van der Waals surface area contributed by atoms with Crippen molar-refractivity contribution in [1.29, 1.82) is 0 Å². The summed E-state index contributed by atoms with van der Waals surface area (Å²) in [6, 6.07) is 23.9. The number of carbonyl (C=O) groups is 2. The highest BCUT2D eigenvalue weighted by Crippen LogP contribution is 2.35. The van der Waals surface area contributed by atoms with Crippen LogP contribution in [0.2, 0.25) is 5.02 Å². The molecule has 5 nitrogen and oxygen atoms in total. The fraction of sp³-hybridized carbons (Fsp3) is 0.0417. The fourth-order valence-electron chi connectivity index (χ4n) is 2.97. The van der Waals surface area contributed by atoms with Gasteiger partial charge in [-0.15, -0.1) is 11.3 Å². The number of amides is 1. The standard InChI is InChI=1S/C24H17ClN2O3S/c25-22-18-11-5-7-13-20(18)31-23(22)24(29)30-19-12-6-4-10-17(19)15-26-27-21(28)14-16-8-2-1-3-9-16/h1-13,15H,14H2,(H,27,28)/b26-15-. The fourth-order valence-corrected chi connectivity index (χ4v) is 4.35. The molecule has 0 aliphatic carbocycles. The molecule has 0 saturated carbocycles. The lowest BCUT2D eigenvalue weighted by Gasteiger charge is -2.06. The number of nitrogens with one attached hydrogen (secondary N) is 1. The van der Waals surface area contributed by atoms with Crippen molar-refractivity contribution in [2.24, 2.45) is 5.10 Å². The van der Waals surface area contributed by atoms with Gasteiger partial charge in [-0.3, -0.25) is 4.79 Å². The van der Waals surface area contributed by atoms with Crippen molar-refractivity contribution in [2.75, 3.05) is 0 Å². The van der Waals surface area contributed by atoms with Crippen molar-refractivity contribution in [3.63, 3.8) is 0 Å². The molecule has 7 heteroatoms. The van der Waals surface area contributed by atoms with Gasteiger partial charge in [0, 0.05) is 15.6 Å². The van der Waals surface area contributed by atoms with Gasteiger partial charge in [-0.1, -0.05) is 72.3 Å². The number of ether oxygens (including phenoxy) is 1. The molecule has 0 aliphatic heterocycles. The number of nitrogens with zero attached hydrogens (tertiary/aromatic N) is 1. The molecule has 4 aromatic rings. The summed E-state index contributed by atoms with van der Waals surface area (Å²) in [5, 5.41) is 5.19. The van der Waals surface area contributed by atoms with Crippen molar-refractivity contribution in [1.82, 2.24) is 5.43 Å². The Kier molecular flexibility index (Phi) is 6.40. The average Bonchev–Trinajstić information content (AvgIpc) is 3.12. The minimum Gasteiger partial charge on any atom is -0.422 e. The number of thiophene rings is 1. The van der Waals surface area contributed by atoms with Gasteiger partial charge in [0.1, 0.15) is 10.6 Å². The number of para-hydroxylation sites is 1. The second kappa shape index (κ2) is 9.55. The van der Waals surface area contributed by atoms with Crippen molar-refractivity contribution < 1.29 is 14.3 Å². The van der Waals surface area contributed by atoms with Crippen molar-refractivity contribution >= 4 is 51.1 Å². The minimum absolute atomic E-state index is 0.221. The lowest BCUT2D eigenvalue weighted by molar-refractivity contribution is -0.120. The third kappa shape index (κ3) is 4.99. The van der Waals surface area contributed by atoms with E-state index in [1.807, 2.05) is 54.6 Å². The summed E-state index contributed by atoms with van der Waals surface area (Å²) in [5.74, 6) is -0.462. The lowest BCUT2D eigenvalue weighted by atomic mass is 10.1. The Morgan fingerprint density at radius 1 is 0.968 bits per heavy atom. The molecule has 0 bridgehead atoms. The van der Waals surface area contributed by atoms with Gasteiger partial charge in [-0.05, 0) is 23.8 Å². The molecule has 1 aromatic heterocycles. The Morgan fingerprint density at radius 3 is 2.48 bits per heavy atom. The van der Waals surface area contributed by atoms with Gasteiger partial charge < -0.3 is 4.74 Å². The number of rotatable bonds is 6. The van der Waals surface area contributed by atoms with Crippen LogP contribution in [0, 0.1) is 0 Å². The highest BCUT2D eigenvalue weighted by molar-refractivity contribution is 7.21. The summed E-state index contributed by atoms with van der Waals surface area (Å²) < 4.78 is 6.49. The van der Waals surface area contributed by atoms with E-state index < -0.39 is 5.97 Å². The molecule has 1 heterocycles. The van der Waals surface area contributed by atoms with Crippen LogP contribution in [0.3, 0.4) is 0 Å². The Bertz CT molecular complexity index is 1270. The van der Waals surface area contributed by atoms with Gasteiger partial charge in [0.15, 0.2) is 0 Å². The molecule has 0 saturated heterocycles. The quantitative estimate of drug-likeness (QED) is 0.184. The summed E-state index contributed by atoms with van der Waals surface area (Å²) in [5.41, 5.74) is 3.93. The van der Waals surface area contributed by atoms with Crippen LogP contribution in [-0.2, 0) is 11.2 Å². The van der Waals surface area contributed by atoms with Crippen molar-refractivity contribution in [3.8, 4) is 5.75 Å². The van der Waals surface area contributed by atoms with E-state index in [0.29, 0.717) is 21.2 Å². The molecule has 0 fully saturated rings. The first-order valence-electron chi connectivity index (χ1n) is 9.46. The SMILES string of the molecule is O=C(Cc1ccccc1)N/N=C\c1ccccc1OC(=O)c1sc2ccccc2c1Cl. The zero-order valence-corrected chi connectivity index (χ0v) is 17.8. The monoisotopic (exact) mass is 448 g/mol. The smallest absolute Gasteiger partial charge is 0.355 e. The molecular weight excluding hydrogens is 432 g/mol. The summed E-state index contributed by atoms with van der Waals surface area (Å²) in [6.07, 6.45) is 1.66. The van der Waals surface area contributed by atoms with E-state index >= 15 is 0 Å². The van der Waals surface area contributed by atoms with Crippen LogP contribution in [-0.4, -0.2) is 18.1 Å². The third-order valence-corrected chi connectivity index (χ3v) is 6.10. The van der Waals surface area contributed by atoms with Crippen LogP contribution in [0.1, 0.15) is 20.8 Å². The van der Waals surface area contributed by atoms with Gasteiger partial charge in [-0.2, -0.15) is 5.10 Å². The Hall–Kier alpha value is -3.48. The topological polar surface area (TPSA) is 67.8 Å². The van der Waals surface area contributed by atoms with E-state index in [-0.39, 0.29) is 12.3 Å². The summed E-state index contributed by atoms with van der Waals surface area (Å²) in [6.45, 7) is 0. The average molecular weight is 449 g/mol. The van der Waals surface area contributed by atoms with Crippen LogP contribution < -0.4 is 10.2 Å². The number of hydrazone groups is 1. The molecular formula is C24H17ClN2O3S. The maximum Gasteiger partial charge on any atom is 0.355 e. The van der Waals surface area contributed by atoms with E-state index in [9.17, 15) is 9.59 Å². The molecule has 3 aromatic carbocycles. The van der Waals surface area contributed by atoms with Crippen LogP contribution in [0.5, 0.6) is 5.75 Å². The molecule has 1 N–H and O–H groups in total. The predicted octanol–water partition coefficient (Wildman–Crippen LogP) is 5.47. The normalized spacial score (nSPS) is 11.0. The maximum atomic E-state index is 12.7. The van der Waals surface area contributed by atoms with Gasteiger partial charge in [0.2, 0.25) is 5.91 Å². The second-order valence-corrected chi connectivity index (χ2v) is 8.05. The van der Waals surface area contributed by atoms with Crippen molar-refractivity contribution in [3.05, 3.63) is 99.9 Å². The van der Waals surface area contributed by atoms with Gasteiger partial charge in [0.05, 0.1) is 17.7 Å². The largest absolute Gasteiger partial charge is 0.422 e. The summed E-state index contributed by atoms with van der Waals surface area (Å²) >= 11 is 7.66. The van der Waals surface area contributed by atoms with E-state index in [2.05, 4.69) is 10.5 Å². The number of hydrogen-bond acceptors (Lipinski definition) is 5. The van der Waals surface area contributed by atoms with E-state index in [0.717, 1.165) is 15.6 Å². The molecule has 0 unspecified atom stereocenters. The molecule has 31 heavy (non-hydrogen) atoms. The zero-order chi connectivity index (χ0) is 21.6. The molecule has 0 radical (unpaired) electrons. The Labute approximate surface area is 187 Å². The molecule has 0 aliphatic rings. The highest BCUT2D eigenvalue weighted by atomic mass is 35.5. The lowest BCUT2D eigenvalue weighted by Crippen LogP contribution is -2.19. The van der Waals surface area contributed by atoms with Crippen LogP contribution in [0.25, 0.3) is 10.1 Å². The molecule has 154 valence electrons. The molecule has 0 atom stereocenters. The first kappa shape index (κ1) is 20.8. The van der Waals surface area contributed by atoms with Gasteiger partial charge >= 0.3 is 5.97 Å². The summed E-state index contributed by atoms with van der Waals surface area (Å²) in [7, 11) is 0. The first-order chi connectivity index (χ1) is 15.1. The van der Waals surface area contributed by atoms with Crippen LogP contribution in [0.4, 0.5) is 0 Å². The van der Waals surface area contributed by atoms with Gasteiger partial charge in [0.25, 0.3) is 0 Å². The van der Waals surface area contributed by atoms with Crippen LogP contribution >= 0.6 is 22.9 Å². The third-order valence-electron chi connectivity index (χ3n) is 4.44. The summed E-state index contributed by atoms with van der Waals surface area (Å²) in [4.78, 5) is 25.1. The molecule has 1 amide bonds. The van der Waals surface area contributed by atoms with E-state index in [4.69, 9.17) is 16.3 Å². The van der Waals surface area contributed by atoms with E-state index in [1.54, 1.807) is 24.3 Å². The Morgan fingerprint density at radius 2 is 1.68 bits per heavy atom. The van der Waals surface area contributed by atoms with E-state index in [1.165, 1.54) is 17.6 Å². The zero-order valence-electron chi connectivity index (χ0n) is 16.2. The molecule has 0 spiro atoms. The van der Waals surface area contributed by atoms with Crippen LogP contribution in [0.15, 0.2) is 84.0 Å². The molecule has 4 rings (SSSR count). The first-order valence-corrected chi connectivity index (χ1v) is 10.7. The van der Waals surface area contributed by atoms with Gasteiger partial charge in [-0.25, -0.2) is 10.2 Å². The number of hydrogen-bond donors (Lipinski definition) is 1. The highest BCUT2D eigenvalue weighted by Gasteiger charge is 2.19. The number of fused-ring (bicyclic) bond motifs is 1. The number of carbonyl (C=O) groups excluding carboxylic acids is 2. The second-order valence-electron chi connectivity index (χ2n) is 6.62. The number of esters is 1. The minimum atomic E-state index is -0.542.